The number of carbonyl (C=O) groups excluding carboxylic acids is 2. The van der Waals surface area contributed by atoms with Crippen molar-refractivity contribution in [1.29, 1.82) is 0 Å². The molecule has 0 aliphatic heterocycles. The molecule has 1 atom stereocenters. The number of aryl methyl sites for hydroxylation is 2. The lowest BCUT2D eigenvalue weighted by molar-refractivity contribution is -0.146. The molecule has 0 radical (unpaired) electrons. The Morgan fingerprint density at radius 3 is 2.00 bits per heavy atom. The van der Waals surface area contributed by atoms with Gasteiger partial charge >= 0.3 is 5.97 Å². The summed E-state index contributed by atoms with van der Waals surface area (Å²) in [6.07, 6.45) is -0.291. The van der Waals surface area contributed by atoms with Crippen LogP contribution in [0.4, 0.5) is 0 Å². The summed E-state index contributed by atoms with van der Waals surface area (Å²) in [7, 11) is 4.60. The molecule has 0 saturated carbocycles. The standard InChI is InChI=1S/C22H26O6/c1-14-6-9-17(10-7-14)21(24)15(2)28-20(23)11-8-16-12-18(25-3)22(27-5)19(13-16)26-4/h6-7,9-10,12-13,15H,8,11H2,1-5H3/t15-/m0/s1. The number of methoxy groups -OCH3 is 3. The number of Topliss-reactive ketones (excluding diaryl/α,β-unsaturated/α-hetero) is 1. The van der Waals surface area contributed by atoms with E-state index in [9.17, 15) is 9.59 Å². The highest BCUT2D eigenvalue weighted by atomic mass is 16.5. The maximum absolute atomic E-state index is 12.4. The highest BCUT2D eigenvalue weighted by molar-refractivity contribution is 6.00. The van der Waals surface area contributed by atoms with Crippen LogP contribution in [0.25, 0.3) is 0 Å². The smallest absolute Gasteiger partial charge is 0.306 e. The molecule has 0 N–H and O–H groups in total. The first-order chi connectivity index (χ1) is 13.4. The molecular formula is C22H26O6. The Morgan fingerprint density at radius 1 is 0.929 bits per heavy atom. The lowest BCUT2D eigenvalue weighted by atomic mass is 10.1. The summed E-state index contributed by atoms with van der Waals surface area (Å²) in [6.45, 7) is 3.53. The number of hydrogen-bond donors (Lipinski definition) is 0. The van der Waals surface area contributed by atoms with Crippen LogP contribution in [0.1, 0.15) is 34.8 Å². The molecule has 6 heteroatoms. The molecule has 150 valence electrons. The maximum atomic E-state index is 12.4. The lowest BCUT2D eigenvalue weighted by Crippen LogP contribution is -2.24. The average molecular weight is 386 g/mol. The van der Waals surface area contributed by atoms with Gasteiger partial charge in [0.1, 0.15) is 0 Å². The molecular weight excluding hydrogens is 360 g/mol. The predicted octanol–water partition coefficient (Wildman–Crippen LogP) is 3.77. The fraction of sp³-hybridized carbons (Fsp3) is 0.364. The van der Waals surface area contributed by atoms with Crippen LogP contribution < -0.4 is 14.2 Å². The molecule has 0 unspecified atom stereocenters. The number of esters is 1. The molecule has 0 fully saturated rings. The maximum Gasteiger partial charge on any atom is 0.306 e. The van der Waals surface area contributed by atoms with Crippen molar-refractivity contribution in [1.82, 2.24) is 0 Å². The normalized spacial score (nSPS) is 11.5. The predicted molar refractivity (Wildman–Crippen MR) is 105 cm³/mol. The Kier molecular flexibility index (Phi) is 7.44. The highest BCUT2D eigenvalue weighted by Gasteiger charge is 2.20. The molecule has 0 bridgehead atoms. The third-order valence-corrected chi connectivity index (χ3v) is 4.36. The molecule has 0 aromatic heterocycles. The molecule has 28 heavy (non-hydrogen) atoms. The van der Waals surface area contributed by atoms with Crippen molar-refractivity contribution in [2.45, 2.75) is 32.8 Å². The second-order valence-electron chi connectivity index (χ2n) is 6.40. The fourth-order valence-electron chi connectivity index (χ4n) is 2.79. The molecule has 6 nitrogen and oxygen atoms in total. The van der Waals surface area contributed by atoms with Crippen LogP contribution in [0.2, 0.25) is 0 Å². The number of carbonyl (C=O) groups is 2. The van der Waals surface area contributed by atoms with Crippen LogP contribution >= 0.6 is 0 Å². The van der Waals surface area contributed by atoms with Gasteiger partial charge in [-0.1, -0.05) is 29.8 Å². The molecule has 2 aromatic rings. The van der Waals surface area contributed by atoms with Crippen LogP contribution in [0, 0.1) is 6.92 Å². The minimum absolute atomic E-state index is 0.129. The Bertz CT molecular complexity index is 800. The van der Waals surface area contributed by atoms with E-state index >= 15 is 0 Å². The van der Waals surface area contributed by atoms with Gasteiger partial charge in [-0.15, -0.1) is 0 Å². The van der Waals surface area contributed by atoms with Crippen molar-refractivity contribution < 1.29 is 28.5 Å². The number of ketones is 1. The minimum Gasteiger partial charge on any atom is -0.493 e. The van der Waals surface area contributed by atoms with Crippen molar-refractivity contribution >= 4 is 11.8 Å². The van der Waals surface area contributed by atoms with Crippen molar-refractivity contribution in [3.8, 4) is 17.2 Å². The van der Waals surface area contributed by atoms with Gasteiger partial charge in [0.15, 0.2) is 17.6 Å². The topological polar surface area (TPSA) is 71.1 Å². The van der Waals surface area contributed by atoms with E-state index in [-0.39, 0.29) is 12.2 Å². The van der Waals surface area contributed by atoms with E-state index in [1.807, 2.05) is 19.1 Å². The van der Waals surface area contributed by atoms with Crippen LogP contribution in [0.5, 0.6) is 17.2 Å². The van der Waals surface area contributed by atoms with E-state index in [1.165, 1.54) is 21.3 Å². The Labute approximate surface area is 165 Å². The second kappa shape index (κ2) is 9.78. The third kappa shape index (κ3) is 5.25. The quantitative estimate of drug-likeness (QED) is 0.483. The molecule has 0 amide bonds. The van der Waals surface area contributed by atoms with Gasteiger partial charge in [-0.25, -0.2) is 0 Å². The molecule has 0 spiro atoms. The molecule has 0 aliphatic carbocycles. The third-order valence-electron chi connectivity index (χ3n) is 4.36. The molecule has 0 heterocycles. The van der Waals surface area contributed by atoms with E-state index in [0.717, 1.165) is 11.1 Å². The van der Waals surface area contributed by atoms with E-state index in [1.54, 1.807) is 31.2 Å². The second-order valence-corrected chi connectivity index (χ2v) is 6.40. The monoisotopic (exact) mass is 386 g/mol. The number of ether oxygens (including phenoxy) is 4. The number of benzene rings is 2. The van der Waals surface area contributed by atoms with Crippen molar-refractivity contribution in [2.75, 3.05) is 21.3 Å². The summed E-state index contributed by atoms with van der Waals surface area (Å²) < 4.78 is 21.2. The van der Waals surface area contributed by atoms with Gasteiger partial charge in [0.2, 0.25) is 11.5 Å². The number of rotatable bonds is 9. The van der Waals surface area contributed by atoms with Gasteiger partial charge in [-0.05, 0) is 38.0 Å². The van der Waals surface area contributed by atoms with E-state index in [0.29, 0.717) is 29.2 Å². The lowest BCUT2D eigenvalue weighted by Gasteiger charge is -2.15. The summed E-state index contributed by atoms with van der Waals surface area (Å²) in [4.78, 5) is 24.6. The average Bonchev–Trinajstić information content (AvgIpc) is 2.71. The first kappa shape index (κ1) is 21.3. The molecule has 2 rings (SSSR count). The summed E-state index contributed by atoms with van der Waals surface area (Å²) >= 11 is 0. The van der Waals surface area contributed by atoms with Gasteiger partial charge in [-0.2, -0.15) is 0 Å². The van der Waals surface area contributed by atoms with E-state index in [4.69, 9.17) is 18.9 Å². The molecule has 2 aromatic carbocycles. The summed E-state index contributed by atoms with van der Waals surface area (Å²) in [5.41, 5.74) is 2.42. The highest BCUT2D eigenvalue weighted by Crippen LogP contribution is 2.38. The van der Waals surface area contributed by atoms with Gasteiger partial charge in [0.25, 0.3) is 0 Å². The Morgan fingerprint density at radius 2 is 1.50 bits per heavy atom. The van der Waals surface area contributed by atoms with Crippen LogP contribution in [0.15, 0.2) is 36.4 Å². The summed E-state index contributed by atoms with van der Waals surface area (Å²) in [5, 5.41) is 0. The van der Waals surface area contributed by atoms with E-state index in [2.05, 4.69) is 0 Å². The first-order valence-corrected chi connectivity index (χ1v) is 8.98. The van der Waals surface area contributed by atoms with Crippen molar-refractivity contribution in [2.24, 2.45) is 0 Å². The fourth-order valence-corrected chi connectivity index (χ4v) is 2.79. The molecule has 0 saturated heterocycles. The zero-order valence-corrected chi connectivity index (χ0v) is 16.9. The van der Waals surface area contributed by atoms with Crippen molar-refractivity contribution in [3.05, 3.63) is 53.1 Å². The molecule has 0 aliphatic rings. The number of hydrogen-bond acceptors (Lipinski definition) is 6. The largest absolute Gasteiger partial charge is 0.493 e. The summed E-state index contributed by atoms with van der Waals surface area (Å²) in [6, 6.07) is 10.7. The van der Waals surface area contributed by atoms with Gasteiger partial charge in [-0.3, -0.25) is 9.59 Å². The van der Waals surface area contributed by atoms with Gasteiger partial charge in [0.05, 0.1) is 21.3 Å². The zero-order chi connectivity index (χ0) is 20.7. The Hall–Kier alpha value is -3.02. The minimum atomic E-state index is -0.838. The Balaban J connectivity index is 1.98. The van der Waals surface area contributed by atoms with Gasteiger partial charge in [0, 0.05) is 12.0 Å². The zero-order valence-electron chi connectivity index (χ0n) is 16.9. The van der Waals surface area contributed by atoms with E-state index < -0.39 is 12.1 Å². The first-order valence-electron chi connectivity index (χ1n) is 8.98. The van der Waals surface area contributed by atoms with Crippen LogP contribution in [-0.2, 0) is 16.0 Å². The SMILES string of the molecule is COc1cc(CCC(=O)O[C@@H](C)C(=O)c2ccc(C)cc2)cc(OC)c1OC. The van der Waals surface area contributed by atoms with Crippen LogP contribution in [-0.4, -0.2) is 39.2 Å². The van der Waals surface area contributed by atoms with Crippen LogP contribution in [0.3, 0.4) is 0 Å². The van der Waals surface area contributed by atoms with Crippen molar-refractivity contribution in [3.63, 3.8) is 0 Å². The summed E-state index contributed by atoms with van der Waals surface area (Å²) in [5.74, 6) is 0.873. The van der Waals surface area contributed by atoms with Gasteiger partial charge < -0.3 is 18.9 Å².